The molecule has 0 heterocycles. The summed E-state index contributed by atoms with van der Waals surface area (Å²) in [7, 11) is -3.65. The summed E-state index contributed by atoms with van der Waals surface area (Å²) in [5.41, 5.74) is 0.278. The first-order chi connectivity index (χ1) is 10.4. The maximum absolute atomic E-state index is 13.0. The Morgan fingerprint density at radius 2 is 1.86 bits per heavy atom. The van der Waals surface area contributed by atoms with Gasteiger partial charge in [0.15, 0.2) is 9.84 Å². The highest BCUT2D eigenvalue weighted by atomic mass is 35.5. The van der Waals surface area contributed by atoms with Crippen molar-refractivity contribution >= 4 is 33.0 Å². The van der Waals surface area contributed by atoms with Gasteiger partial charge in [-0.3, -0.25) is 4.79 Å². The molecule has 0 spiro atoms. The highest BCUT2D eigenvalue weighted by Crippen LogP contribution is 2.22. The van der Waals surface area contributed by atoms with E-state index in [1.165, 1.54) is 30.3 Å². The molecule has 0 aliphatic heterocycles. The average molecular weight is 342 g/mol. The minimum Gasteiger partial charge on any atom is -0.326 e. The number of hydrogen-bond donors (Lipinski definition) is 1. The molecule has 0 saturated carbocycles. The number of carbonyl (C=O) groups is 1. The number of carbonyl (C=O) groups excluding carboxylic acids is 1. The summed E-state index contributed by atoms with van der Waals surface area (Å²) >= 11 is 5.85. The van der Waals surface area contributed by atoms with Crippen molar-refractivity contribution in [3.8, 4) is 0 Å². The van der Waals surface area contributed by atoms with E-state index in [4.69, 9.17) is 11.6 Å². The standard InChI is InChI=1S/C15H13ClFNO3S/c16-13-6-1-2-7-14(13)22(20,21)9-8-15(19)18-12-5-3-4-11(17)10-12/h1-7,10H,8-9H2,(H,18,19). The van der Waals surface area contributed by atoms with Crippen LogP contribution in [0.25, 0.3) is 0 Å². The Kier molecular flexibility index (Phi) is 5.15. The third-order valence-electron chi connectivity index (χ3n) is 2.88. The Hall–Kier alpha value is -1.92. The molecule has 0 aliphatic carbocycles. The summed E-state index contributed by atoms with van der Waals surface area (Å²) in [5, 5.41) is 2.56. The van der Waals surface area contributed by atoms with Crippen molar-refractivity contribution in [3.63, 3.8) is 0 Å². The minimum absolute atomic E-state index is 0.00442. The van der Waals surface area contributed by atoms with Crippen LogP contribution >= 0.6 is 11.6 Å². The van der Waals surface area contributed by atoms with E-state index in [-0.39, 0.29) is 27.8 Å². The van der Waals surface area contributed by atoms with Crippen LogP contribution in [0.5, 0.6) is 0 Å². The van der Waals surface area contributed by atoms with E-state index < -0.39 is 21.6 Å². The summed E-state index contributed by atoms with van der Waals surface area (Å²) in [6, 6.07) is 11.4. The lowest BCUT2D eigenvalue weighted by atomic mass is 10.3. The molecular formula is C15H13ClFNO3S. The number of anilines is 1. The van der Waals surface area contributed by atoms with Gasteiger partial charge in [-0.05, 0) is 30.3 Å². The first-order valence-corrected chi connectivity index (χ1v) is 8.44. The molecule has 0 bridgehead atoms. The van der Waals surface area contributed by atoms with E-state index >= 15 is 0 Å². The summed E-state index contributed by atoms with van der Waals surface area (Å²) < 4.78 is 37.3. The molecule has 0 atom stereocenters. The van der Waals surface area contributed by atoms with Crippen molar-refractivity contribution in [2.75, 3.05) is 11.1 Å². The van der Waals surface area contributed by atoms with Crippen LogP contribution in [-0.4, -0.2) is 20.1 Å². The second kappa shape index (κ2) is 6.89. The van der Waals surface area contributed by atoms with Crippen molar-refractivity contribution in [1.82, 2.24) is 0 Å². The van der Waals surface area contributed by atoms with E-state index in [1.54, 1.807) is 12.1 Å². The predicted molar refractivity (Wildman–Crippen MR) is 83.2 cm³/mol. The van der Waals surface area contributed by atoms with Gasteiger partial charge in [0.25, 0.3) is 0 Å². The van der Waals surface area contributed by atoms with Crippen molar-refractivity contribution in [2.45, 2.75) is 11.3 Å². The number of rotatable bonds is 5. The quantitative estimate of drug-likeness (QED) is 0.907. The smallest absolute Gasteiger partial charge is 0.225 e. The summed E-state index contributed by atoms with van der Waals surface area (Å²) in [5.74, 6) is -1.37. The van der Waals surface area contributed by atoms with Crippen LogP contribution in [0.3, 0.4) is 0 Å². The van der Waals surface area contributed by atoms with E-state index in [0.29, 0.717) is 0 Å². The highest BCUT2D eigenvalue weighted by Gasteiger charge is 2.19. The molecule has 0 unspecified atom stereocenters. The second-order valence-electron chi connectivity index (χ2n) is 4.56. The van der Waals surface area contributed by atoms with E-state index in [9.17, 15) is 17.6 Å². The SMILES string of the molecule is O=C(CCS(=O)(=O)c1ccccc1Cl)Nc1cccc(F)c1. The molecule has 2 rings (SSSR count). The van der Waals surface area contributed by atoms with Crippen LogP contribution in [0.1, 0.15) is 6.42 Å². The van der Waals surface area contributed by atoms with Gasteiger partial charge in [0, 0.05) is 12.1 Å². The lowest BCUT2D eigenvalue weighted by Crippen LogP contribution is -2.17. The largest absolute Gasteiger partial charge is 0.326 e. The fourth-order valence-electron chi connectivity index (χ4n) is 1.82. The van der Waals surface area contributed by atoms with Crippen molar-refractivity contribution in [2.24, 2.45) is 0 Å². The average Bonchev–Trinajstić information content (AvgIpc) is 2.45. The maximum atomic E-state index is 13.0. The number of benzene rings is 2. The van der Waals surface area contributed by atoms with Crippen molar-refractivity contribution in [3.05, 3.63) is 59.4 Å². The van der Waals surface area contributed by atoms with Crippen molar-refractivity contribution < 1.29 is 17.6 Å². The molecular weight excluding hydrogens is 329 g/mol. The molecule has 0 fully saturated rings. The van der Waals surface area contributed by atoms with Gasteiger partial charge in [0.05, 0.1) is 15.7 Å². The van der Waals surface area contributed by atoms with Gasteiger partial charge in [-0.2, -0.15) is 0 Å². The predicted octanol–water partition coefficient (Wildman–Crippen LogP) is 3.28. The molecule has 1 N–H and O–H groups in total. The summed E-state index contributed by atoms with van der Waals surface area (Å²) in [4.78, 5) is 11.8. The Morgan fingerprint density at radius 1 is 1.14 bits per heavy atom. The van der Waals surface area contributed by atoms with Crippen molar-refractivity contribution in [1.29, 1.82) is 0 Å². The Bertz CT molecular complexity index is 793. The van der Waals surface area contributed by atoms with Crippen LogP contribution in [0.4, 0.5) is 10.1 Å². The molecule has 2 aromatic rings. The molecule has 0 saturated heterocycles. The Balaban J connectivity index is 2.00. The molecule has 7 heteroatoms. The van der Waals surface area contributed by atoms with Gasteiger partial charge in [0.2, 0.25) is 5.91 Å². The van der Waals surface area contributed by atoms with E-state index in [1.807, 2.05) is 0 Å². The molecule has 22 heavy (non-hydrogen) atoms. The first-order valence-electron chi connectivity index (χ1n) is 6.41. The third kappa shape index (κ3) is 4.29. The number of nitrogens with one attached hydrogen (secondary N) is 1. The van der Waals surface area contributed by atoms with Crippen LogP contribution in [-0.2, 0) is 14.6 Å². The first kappa shape index (κ1) is 16.5. The number of hydrogen-bond acceptors (Lipinski definition) is 3. The topological polar surface area (TPSA) is 63.2 Å². The van der Waals surface area contributed by atoms with Crippen LogP contribution in [0.15, 0.2) is 53.4 Å². The van der Waals surface area contributed by atoms with Gasteiger partial charge in [0.1, 0.15) is 5.82 Å². The third-order valence-corrected chi connectivity index (χ3v) is 5.09. The van der Waals surface area contributed by atoms with Gasteiger partial charge in [-0.1, -0.05) is 29.8 Å². The van der Waals surface area contributed by atoms with Crippen LogP contribution in [0, 0.1) is 5.82 Å². The molecule has 116 valence electrons. The molecule has 0 aliphatic rings. The normalized spacial score (nSPS) is 11.2. The lowest BCUT2D eigenvalue weighted by Gasteiger charge is -2.07. The van der Waals surface area contributed by atoms with Crippen LogP contribution in [0.2, 0.25) is 5.02 Å². The molecule has 0 aromatic heterocycles. The monoisotopic (exact) mass is 341 g/mol. The van der Waals surface area contributed by atoms with Gasteiger partial charge in [-0.25, -0.2) is 12.8 Å². The summed E-state index contributed by atoms with van der Waals surface area (Å²) in [6.07, 6.45) is -0.246. The second-order valence-corrected chi connectivity index (χ2v) is 7.04. The molecule has 1 amide bonds. The van der Waals surface area contributed by atoms with E-state index in [2.05, 4.69) is 5.32 Å². The Morgan fingerprint density at radius 3 is 2.55 bits per heavy atom. The van der Waals surface area contributed by atoms with Gasteiger partial charge < -0.3 is 5.32 Å². The summed E-state index contributed by atoms with van der Waals surface area (Å²) in [6.45, 7) is 0. The van der Waals surface area contributed by atoms with Crippen LogP contribution < -0.4 is 5.32 Å². The number of amides is 1. The van der Waals surface area contributed by atoms with Gasteiger partial charge >= 0.3 is 0 Å². The molecule has 2 aromatic carbocycles. The Labute approximate surface area is 132 Å². The number of halogens is 2. The molecule has 0 radical (unpaired) electrons. The fraction of sp³-hybridized carbons (Fsp3) is 0.133. The lowest BCUT2D eigenvalue weighted by molar-refractivity contribution is -0.115. The van der Waals surface area contributed by atoms with E-state index in [0.717, 1.165) is 6.07 Å². The highest BCUT2D eigenvalue weighted by molar-refractivity contribution is 7.91. The van der Waals surface area contributed by atoms with Gasteiger partial charge in [-0.15, -0.1) is 0 Å². The molecule has 4 nitrogen and oxygen atoms in total. The zero-order valence-electron chi connectivity index (χ0n) is 11.4. The number of sulfone groups is 1. The fourth-order valence-corrected chi connectivity index (χ4v) is 3.64. The maximum Gasteiger partial charge on any atom is 0.225 e. The zero-order valence-corrected chi connectivity index (χ0v) is 13.0. The minimum atomic E-state index is -3.65. The zero-order chi connectivity index (χ0) is 16.2.